The molecule has 3 aromatic rings. The van der Waals surface area contributed by atoms with Crippen LogP contribution in [0.15, 0.2) is 54.4 Å². The Hall–Kier alpha value is -4.09. The number of benzene rings is 1. The largest absolute Gasteiger partial charge is 0.516 e. The number of aromatic nitrogens is 2. The number of fused-ring (bicyclic) bond motifs is 1. The Bertz CT molecular complexity index is 1830. The molecule has 12 nitrogen and oxygen atoms in total. The van der Waals surface area contributed by atoms with Crippen molar-refractivity contribution in [2.24, 2.45) is 11.3 Å². The summed E-state index contributed by atoms with van der Waals surface area (Å²) in [5.74, 6) is -4.14. The Morgan fingerprint density at radius 2 is 1.81 bits per heavy atom. The van der Waals surface area contributed by atoms with E-state index in [1.807, 2.05) is 23.6 Å². The maximum absolute atomic E-state index is 13.8. The summed E-state index contributed by atoms with van der Waals surface area (Å²) in [4.78, 5) is 51.5. The number of carbonyl (C=O) groups excluding carboxylic acids is 3. The fraction of sp³-hybridized carbons (Fsp3) is 0.433. The van der Waals surface area contributed by atoms with Crippen LogP contribution in [0.5, 0.6) is 5.88 Å². The number of halogens is 3. The zero-order chi connectivity index (χ0) is 34.5. The molecule has 2 aliphatic rings. The average molecular weight is 696 g/mol. The van der Waals surface area contributed by atoms with E-state index in [2.05, 4.69) is 16.9 Å². The fourth-order valence-electron chi connectivity index (χ4n) is 5.31. The minimum atomic E-state index is -6.08. The molecule has 5 atom stereocenters. The van der Waals surface area contributed by atoms with Crippen molar-refractivity contribution < 1.29 is 45.8 Å². The van der Waals surface area contributed by atoms with Gasteiger partial charge in [0.2, 0.25) is 11.8 Å². The Morgan fingerprint density at radius 1 is 1.15 bits per heavy atom. The first-order valence-electron chi connectivity index (χ1n) is 14.4. The maximum atomic E-state index is 13.8. The first-order valence-corrected chi connectivity index (χ1v) is 16.8. The van der Waals surface area contributed by atoms with Crippen molar-refractivity contribution in [2.75, 3.05) is 6.54 Å². The molecule has 0 unspecified atom stereocenters. The van der Waals surface area contributed by atoms with Crippen molar-refractivity contribution in [3.63, 3.8) is 0 Å². The van der Waals surface area contributed by atoms with Gasteiger partial charge in [-0.15, -0.1) is 17.9 Å². The second-order valence-electron chi connectivity index (χ2n) is 12.5. The molecule has 1 aliphatic carbocycles. The van der Waals surface area contributed by atoms with Crippen molar-refractivity contribution in [2.45, 2.75) is 62.9 Å². The van der Waals surface area contributed by atoms with Crippen molar-refractivity contribution in [3.8, 4) is 16.5 Å². The van der Waals surface area contributed by atoms with Gasteiger partial charge >= 0.3 is 15.5 Å². The topological polar surface area (TPSA) is 168 Å². The zero-order valence-corrected chi connectivity index (χ0v) is 27.1. The van der Waals surface area contributed by atoms with Crippen LogP contribution < -0.4 is 14.8 Å². The summed E-state index contributed by atoms with van der Waals surface area (Å²) in [5, 5.41) is 15.1. The van der Waals surface area contributed by atoms with E-state index in [1.54, 1.807) is 39.0 Å². The molecule has 0 radical (unpaired) electrons. The number of hydrogen-bond acceptors (Lipinski definition) is 10. The minimum Gasteiger partial charge on any atom is -0.471 e. The van der Waals surface area contributed by atoms with Crippen LogP contribution >= 0.6 is 11.3 Å². The number of aliphatic hydroxyl groups excluding tert-OH is 1. The predicted octanol–water partition coefficient (Wildman–Crippen LogP) is 3.14. The van der Waals surface area contributed by atoms with Crippen LogP contribution in [0.2, 0.25) is 0 Å². The molecule has 2 fully saturated rings. The van der Waals surface area contributed by atoms with Crippen LogP contribution in [0.1, 0.15) is 33.6 Å². The average Bonchev–Trinajstić information content (AvgIpc) is 3.30. The van der Waals surface area contributed by atoms with Gasteiger partial charge in [-0.2, -0.15) is 21.6 Å². The van der Waals surface area contributed by atoms with Gasteiger partial charge in [0.05, 0.1) is 22.5 Å². The first-order chi connectivity index (χ1) is 21.9. The van der Waals surface area contributed by atoms with Gasteiger partial charge in [0.15, 0.2) is 0 Å². The number of amides is 3. The van der Waals surface area contributed by atoms with E-state index in [4.69, 9.17) is 9.72 Å². The molecule has 3 N–H and O–H groups in total. The number of thiophene rings is 1. The van der Waals surface area contributed by atoms with Gasteiger partial charge in [0, 0.05) is 12.3 Å². The van der Waals surface area contributed by atoms with Gasteiger partial charge in [-0.05, 0) is 35.4 Å². The number of hydrogen-bond donors (Lipinski definition) is 3. The van der Waals surface area contributed by atoms with Gasteiger partial charge < -0.3 is 20.1 Å². The maximum Gasteiger partial charge on any atom is 0.516 e. The van der Waals surface area contributed by atoms with E-state index < -0.39 is 68.4 Å². The van der Waals surface area contributed by atoms with Gasteiger partial charge in [0.25, 0.3) is 11.8 Å². The zero-order valence-electron chi connectivity index (χ0n) is 25.4. The number of ether oxygens (including phenoxy) is 1. The van der Waals surface area contributed by atoms with Crippen molar-refractivity contribution in [1.82, 2.24) is 24.9 Å². The summed E-state index contributed by atoms with van der Waals surface area (Å²) in [6.07, 6.45) is -1.62. The standard InChI is InChI=1S/C30H32F3N5O7S2/c1-5-16-14-29(16,27(42)37-47(43,44)30(31,32)33)36-24(40)20-13-17(15-38(20)26(41)23(39)28(2,3)4)45-25-22(21-11-8-12-46-21)34-18-9-6-7-10-19(18)35-25/h5-12,16-17,20,23,39H,1,13-15H2,2-4H3,(H,36,40)(H,37,42)/t16-,17-,20+,23-,29-/m1/s1. The van der Waals surface area contributed by atoms with Crippen LogP contribution in [-0.4, -0.2) is 82.0 Å². The van der Waals surface area contributed by atoms with E-state index in [1.165, 1.54) is 17.4 Å². The van der Waals surface area contributed by atoms with Crippen LogP contribution in [-0.2, 0) is 24.4 Å². The number of rotatable bonds is 9. The molecular weight excluding hydrogens is 663 g/mol. The number of aliphatic hydroxyl groups is 1. The second-order valence-corrected chi connectivity index (χ2v) is 15.1. The molecule has 1 aromatic carbocycles. The van der Waals surface area contributed by atoms with Crippen molar-refractivity contribution in [3.05, 3.63) is 54.4 Å². The second kappa shape index (κ2) is 12.2. The van der Waals surface area contributed by atoms with Crippen molar-refractivity contribution in [1.29, 1.82) is 0 Å². The third-order valence-corrected chi connectivity index (χ3v) is 10.00. The molecule has 2 aromatic heterocycles. The Labute approximate surface area is 272 Å². The number of likely N-dealkylation sites (tertiary alicyclic amines) is 1. The number of para-hydroxylation sites is 2. The molecule has 17 heteroatoms. The highest BCUT2D eigenvalue weighted by Crippen LogP contribution is 2.45. The Balaban J connectivity index is 1.45. The number of carbonyl (C=O) groups is 3. The molecule has 0 bridgehead atoms. The molecule has 5 rings (SSSR count). The quantitative estimate of drug-likeness (QED) is 0.285. The van der Waals surface area contributed by atoms with Gasteiger partial charge in [-0.25, -0.2) is 14.7 Å². The highest BCUT2D eigenvalue weighted by molar-refractivity contribution is 7.90. The Morgan fingerprint density at radius 3 is 2.36 bits per heavy atom. The predicted molar refractivity (Wildman–Crippen MR) is 165 cm³/mol. The summed E-state index contributed by atoms with van der Waals surface area (Å²) < 4.78 is 69.7. The number of nitrogens with one attached hydrogen (secondary N) is 2. The molecule has 1 saturated carbocycles. The molecule has 252 valence electrons. The van der Waals surface area contributed by atoms with Gasteiger partial charge in [-0.3, -0.25) is 14.4 Å². The van der Waals surface area contributed by atoms with Gasteiger partial charge in [-0.1, -0.05) is 45.0 Å². The lowest BCUT2D eigenvalue weighted by Crippen LogP contribution is -2.58. The van der Waals surface area contributed by atoms with E-state index in [0.29, 0.717) is 16.7 Å². The summed E-state index contributed by atoms with van der Waals surface area (Å²) in [5.41, 5.74) is -7.23. The molecule has 3 heterocycles. The third kappa shape index (κ3) is 6.69. The van der Waals surface area contributed by atoms with Crippen LogP contribution in [0.25, 0.3) is 21.6 Å². The lowest BCUT2D eigenvalue weighted by molar-refractivity contribution is -0.150. The van der Waals surface area contributed by atoms with Crippen LogP contribution in [0, 0.1) is 11.3 Å². The normalized spacial score (nSPS) is 23.6. The summed E-state index contributed by atoms with van der Waals surface area (Å²) >= 11 is 1.39. The molecular formula is C30H32F3N5O7S2. The van der Waals surface area contributed by atoms with E-state index in [-0.39, 0.29) is 25.3 Å². The monoisotopic (exact) mass is 695 g/mol. The minimum absolute atomic E-state index is 0.128. The van der Waals surface area contributed by atoms with Gasteiger partial charge in [0.1, 0.15) is 29.5 Å². The molecule has 47 heavy (non-hydrogen) atoms. The molecule has 1 saturated heterocycles. The van der Waals surface area contributed by atoms with Crippen molar-refractivity contribution >= 4 is 50.1 Å². The number of sulfonamides is 1. The summed E-state index contributed by atoms with van der Waals surface area (Å²) in [6.45, 7) is 8.17. The van der Waals surface area contributed by atoms with E-state index >= 15 is 0 Å². The first kappa shape index (κ1) is 34.3. The highest BCUT2D eigenvalue weighted by atomic mass is 32.2. The lowest BCUT2D eigenvalue weighted by atomic mass is 9.88. The Kier molecular flexibility index (Phi) is 8.87. The van der Waals surface area contributed by atoms with E-state index in [0.717, 1.165) is 14.5 Å². The third-order valence-electron chi connectivity index (χ3n) is 8.06. The number of nitrogens with zero attached hydrogens (tertiary/aromatic N) is 3. The molecule has 1 aliphatic heterocycles. The summed E-state index contributed by atoms with van der Waals surface area (Å²) in [7, 11) is -6.08. The fourth-order valence-corrected chi connectivity index (χ4v) is 6.56. The SMILES string of the molecule is C=C[C@@H]1C[C@]1(NC(=O)[C@@H]1C[C@@H](Oc2nc3ccccc3nc2-c2cccs2)CN1C(=O)[C@@H](O)C(C)(C)C)C(=O)NS(=O)(=O)C(F)(F)F. The molecule has 0 spiro atoms. The highest BCUT2D eigenvalue weighted by Gasteiger charge is 2.63. The summed E-state index contributed by atoms with van der Waals surface area (Å²) in [6, 6.07) is 9.39. The van der Waals surface area contributed by atoms with Crippen LogP contribution in [0.4, 0.5) is 13.2 Å². The van der Waals surface area contributed by atoms with Crippen LogP contribution in [0.3, 0.4) is 0 Å². The lowest BCUT2D eigenvalue weighted by Gasteiger charge is -2.32. The molecule has 3 amide bonds. The smallest absolute Gasteiger partial charge is 0.471 e. The van der Waals surface area contributed by atoms with E-state index in [9.17, 15) is 41.1 Å². The number of alkyl halides is 3.